The highest BCUT2D eigenvalue weighted by Gasteiger charge is 2.25. The van der Waals surface area contributed by atoms with Gasteiger partial charge in [0.15, 0.2) is 0 Å². The van der Waals surface area contributed by atoms with Crippen LogP contribution in [-0.2, 0) is 32.0 Å². The highest BCUT2D eigenvalue weighted by atomic mass is 16.4. The number of carbonyl (C=O) groups is 4. The molecular formula is C33H38N4O6. The van der Waals surface area contributed by atoms with Crippen LogP contribution in [0.15, 0.2) is 33.0 Å². The van der Waals surface area contributed by atoms with Crippen molar-refractivity contribution >= 4 is 47.7 Å². The number of rotatable bonds is 11. The first-order valence-corrected chi connectivity index (χ1v) is 14.5. The predicted molar refractivity (Wildman–Crippen MR) is 165 cm³/mol. The average molecular weight is 587 g/mol. The van der Waals surface area contributed by atoms with Gasteiger partial charge in [-0.2, -0.15) is 0 Å². The molecule has 4 rings (SSSR count). The van der Waals surface area contributed by atoms with Crippen LogP contribution in [0.2, 0.25) is 0 Å². The van der Waals surface area contributed by atoms with Gasteiger partial charge in [-0.05, 0) is 105 Å². The zero-order valence-corrected chi connectivity index (χ0v) is 25.4. The summed E-state index contributed by atoms with van der Waals surface area (Å²) < 4.78 is 0. The largest absolute Gasteiger partial charge is 0.481 e. The third-order valence-corrected chi connectivity index (χ3v) is 8.34. The molecule has 0 saturated heterocycles. The fraction of sp³-hybridized carbons (Fsp3) is 0.364. The van der Waals surface area contributed by atoms with Crippen LogP contribution < -0.4 is 16.0 Å². The number of H-pyrrole nitrogens is 2. The molecule has 2 aliphatic heterocycles. The lowest BCUT2D eigenvalue weighted by Gasteiger charge is -2.01. The van der Waals surface area contributed by atoms with Crippen molar-refractivity contribution in [2.75, 3.05) is 0 Å². The minimum atomic E-state index is -0.955. The molecule has 10 nitrogen and oxygen atoms in total. The van der Waals surface area contributed by atoms with Gasteiger partial charge in [0.05, 0.1) is 5.71 Å². The van der Waals surface area contributed by atoms with E-state index in [0.29, 0.717) is 28.1 Å². The van der Waals surface area contributed by atoms with Crippen LogP contribution >= 0.6 is 0 Å². The summed E-state index contributed by atoms with van der Waals surface area (Å²) in [6, 6.07) is 0. The van der Waals surface area contributed by atoms with Crippen LogP contribution in [0, 0.1) is 13.8 Å². The summed E-state index contributed by atoms with van der Waals surface area (Å²) in [6.45, 7) is 11.9. The van der Waals surface area contributed by atoms with Gasteiger partial charge in [0.25, 0.3) is 11.8 Å². The summed E-state index contributed by atoms with van der Waals surface area (Å²) in [6.07, 6.45) is 7.49. The molecule has 0 aliphatic carbocycles. The van der Waals surface area contributed by atoms with Gasteiger partial charge < -0.3 is 25.5 Å². The number of carboxylic acid groups (broad SMARTS) is 2. The molecule has 4 heterocycles. The van der Waals surface area contributed by atoms with E-state index in [1.54, 1.807) is 6.92 Å². The molecule has 5 N–H and O–H groups in total. The van der Waals surface area contributed by atoms with Crippen LogP contribution in [0.4, 0.5) is 0 Å². The Hall–Kier alpha value is -4.73. The van der Waals surface area contributed by atoms with Crippen molar-refractivity contribution in [1.29, 1.82) is 0 Å². The van der Waals surface area contributed by atoms with E-state index in [2.05, 4.69) is 40.2 Å². The van der Waals surface area contributed by atoms with Gasteiger partial charge in [-0.15, -0.1) is 0 Å². The van der Waals surface area contributed by atoms with E-state index >= 15 is 0 Å². The molecule has 226 valence electrons. The van der Waals surface area contributed by atoms with Crippen molar-refractivity contribution in [3.05, 3.63) is 72.3 Å². The molecule has 2 amide bonds. The van der Waals surface area contributed by atoms with Crippen molar-refractivity contribution in [2.45, 2.75) is 80.1 Å². The summed E-state index contributed by atoms with van der Waals surface area (Å²) in [5.74, 6) is -2.54. The number of hydrogen-bond donors (Lipinski definition) is 5. The summed E-state index contributed by atoms with van der Waals surface area (Å²) >= 11 is 0. The van der Waals surface area contributed by atoms with Gasteiger partial charge in [-0.3, -0.25) is 19.2 Å². The summed E-state index contributed by atoms with van der Waals surface area (Å²) in [7, 11) is 0. The minimum absolute atomic E-state index is 0.103. The number of carboxylic acids is 2. The maximum atomic E-state index is 12.5. The zero-order valence-electron chi connectivity index (χ0n) is 25.4. The van der Waals surface area contributed by atoms with Crippen LogP contribution in [0.1, 0.15) is 87.0 Å². The monoisotopic (exact) mass is 586 g/mol. The number of amides is 2. The predicted octanol–water partition coefficient (Wildman–Crippen LogP) is 3.51. The van der Waals surface area contributed by atoms with Gasteiger partial charge in [0, 0.05) is 51.8 Å². The number of nitrogens with zero attached hydrogens (tertiary/aromatic N) is 1. The molecule has 2 aromatic rings. The Morgan fingerprint density at radius 2 is 1.37 bits per heavy atom. The Morgan fingerprint density at radius 1 is 0.744 bits per heavy atom. The fourth-order valence-corrected chi connectivity index (χ4v) is 5.77. The summed E-state index contributed by atoms with van der Waals surface area (Å²) in [5, 5.41) is 22.7. The number of hydrogen-bond acceptors (Lipinski definition) is 4. The van der Waals surface area contributed by atoms with E-state index in [0.717, 1.165) is 62.8 Å². The second-order valence-corrected chi connectivity index (χ2v) is 10.9. The van der Waals surface area contributed by atoms with Gasteiger partial charge in [-0.1, -0.05) is 13.8 Å². The first-order valence-electron chi connectivity index (χ1n) is 14.5. The molecule has 0 spiro atoms. The standard InChI is InChI=1S/C33H38N4O6/c1-7-20-16(3)24(13-26-18(5)22(32(42)36-26)9-11-30(38)39)34-28(20)15-29-21(8-2)17(4)25(35-29)14-27-19(6)23(33(43)37-27)10-12-31(40)41/h13-15,34-35H,7-12H2,1-6H3,(H,36,42)(H,38,39)(H,40,41)/b25-14+,26-13-,29-15-. The first-order chi connectivity index (χ1) is 20.4. The Labute approximate surface area is 249 Å². The molecule has 0 radical (unpaired) electrons. The number of aromatic nitrogens is 2. The Balaban J connectivity index is 1.75. The summed E-state index contributed by atoms with van der Waals surface area (Å²) in [4.78, 5) is 58.2. The molecular weight excluding hydrogens is 548 g/mol. The lowest BCUT2D eigenvalue weighted by Crippen LogP contribution is -2.16. The van der Waals surface area contributed by atoms with E-state index in [9.17, 15) is 19.2 Å². The van der Waals surface area contributed by atoms with Gasteiger partial charge >= 0.3 is 11.9 Å². The second kappa shape index (κ2) is 12.6. The van der Waals surface area contributed by atoms with Crippen LogP contribution in [0.3, 0.4) is 0 Å². The van der Waals surface area contributed by atoms with E-state index in [4.69, 9.17) is 10.2 Å². The van der Waals surface area contributed by atoms with Gasteiger partial charge in [0.2, 0.25) is 0 Å². The third kappa shape index (κ3) is 6.38. The average Bonchev–Trinajstić information content (AvgIpc) is 3.58. The number of allylic oxidation sites excluding steroid dienone is 2. The molecule has 43 heavy (non-hydrogen) atoms. The third-order valence-electron chi connectivity index (χ3n) is 8.34. The van der Waals surface area contributed by atoms with Crippen molar-refractivity contribution in [3.63, 3.8) is 0 Å². The molecule has 0 aromatic carbocycles. The van der Waals surface area contributed by atoms with Crippen LogP contribution in [0.25, 0.3) is 18.2 Å². The number of aromatic amines is 2. The lowest BCUT2D eigenvalue weighted by molar-refractivity contribution is -0.138. The zero-order chi connectivity index (χ0) is 31.6. The Morgan fingerprint density at radius 3 is 1.98 bits per heavy atom. The van der Waals surface area contributed by atoms with Crippen LogP contribution in [0.5, 0.6) is 0 Å². The van der Waals surface area contributed by atoms with Crippen molar-refractivity contribution in [1.82, 2.24) is 15.3 Å². The minimum Gasteiger partial charge on any atom is -0.481 e. The molecule has 2 aromatic heterocycles. The van der Waals surface area contributed by atoms with E-state index in [1.165, 1.54) is 0 Å². The van der Waals surface area contributed by atoms with Gasteiger partial charge in [0.1, 0.15) is 0 Å². The first kappa shape index (κ1) is 31.2. The normalized spacial score (nSPS) is 17.2. The molecule has 0 saturated carbocycles. The van der Waals surface area contributed by atoms with Gasteiger partial charge in [-0.25, -0.2) is 4.99 Å². The maximum Gasteiger partial charge on any atom is 0.303 e. The Bertz CT molecular complexity index is 1790. The van der Waals surface area contributed by atoms with Crippen molar-refractivity contribution in [2.24, 2.45) is 4.99 Å². The quantitative estimate of drug-likeness (QED) is 0.270. The highest BCUT2D eigenvalue weighted by molar-refractivity contribution is 6.30. The topological polar surface area (TPSA) is 165 Å². The van der Waals surface area contributed by atoms with Crippen LogP contribution in [-0.4, -0.2) is 49.6 Å². The fourth-order valence-electron chi connectivity index (χ4n) is 5.77. The SMILES string of the molecule is CCc1c(/C=c2\[nH]/c(=C/C3=NC(=O)C(CCC(=O)O)=C3C)c(C)c2CC)[nH]c(/C=C2\NC(=O)C(CCC(=O)O)=C2C)c1C. The Kier molecular flexibility index (Phi) is 9.18. The number of aliphatic carboxylic acids is 2. The number of aliphatic imine (C=N–C) groups is 1. The number of nitrogens with one attached hydrogen (secondary N) is 3. The smallest absolute Gasteiger partial charge is 0.303 e. The molecule has 0 bridgehead atoms. The van der Waals surface area contributed by atoms with Crippen molar-refractivity contribution < 1.29 is 29.4 Å². The lowest BCUT2D eigenvalue weighted by atomic mass is 10.0. The molecule has 2 aliphatic rings. The molecule has 0 fully saturated rings. The second-order valence-electron chi connectivity index (χ2n) is 10.9. The van der Waals surface area contributed by atoms with E-state index in [-0.39, 0.29) is 37.5 Å². The van der Waals surface area contributed by atoms with E-state index in [1.807, 2.05) is 32.9 Å². The maximum absolute atomic E-state index is 12.5. The molecule has 0 unspecified atom stereocenters. The number of carbonyl (C=O) groups excluding carboxylic acids is 2. The highest BCUT2D eigenvalue weighted by Crippen LogP contribution is 2.28. The van der Waals surface area contributed by atoms with E-state index < -0.39 is 11.9 Å². The molecule has 0 atom stereocenters. The van der Waals surface area contributed by atoms with Crippen molar-refractivity contribution in [3.8, 4) is 0 Å². The molecule has 10 heteroatoms. The summed E-state index contributed by atoms with van der Waals surface area (Å²) in [5.41, 5.74) is 9.73.